The van der Waals surface area contributed by atoms with Crippen LogP contribution in [-0.4, -0.2) is 53.7 Å². The largest absolute Gasteiger partial charge is 0.362 e. The van der Waals surface area contributed by atoms with Crippen LogP contribution in [-0.2, 0) is 0 Å². The summed E-state index contributed by atoms with van der Waals surface area (Å²) < 4.78 is 0. The molecule has 0 aromatic heterocycles. The maximum atomic E-state index is 5.46. The van der Waals surface area contributed by atoms with Crippen LogP contribution in [0.3, 0.4) is 0 Å². The van der Waals surface area contributed by atoms with Crippen molar-refractivity contribution in [3.8, 4) is 0 Å². The molecular formula is C13H25N3S. The first kappa shape index (κ1) is 13.1. The van der Waals surface area contributed by atoms with Gasteiger partial charge in [-0.2, -0.15) is 0 Å². The van der Waals surface area contributed by atoms with Crippen LogP contribution in [0.25, 0.3) is 0 Å². The summed E-state index contributed by atoms with van der Waals surface area (Å²) in [5.74, 6) is 0.657. The Morgan fingerprint density at radius 1 is 1.29 bits per heavy atom. The van der Waals surface area contributed by atoms with Crippen molar-refractivity contribution in [2.75, 3.05) is 32.7 Å². The third-order valence-corrected chi connectivity index (χ3v) is 4.17. The second-order valence-corrected chi connectivity index (χ2v) is 6.10. The van der Waals surface area contributed by atoms with Crippen LogP contribution < -0.4 is 5.32 Å². The van der Waals surface area contributed by atoms with E-state index in [1.165, 1.54) is 32.4 Å². The van der Waals surface area contributed by atoms with Crippen LogP contribution in [0, 0.1) is 5.92 Å². The van der Waals surface area contributed by atoms with Gasteiger partial charge in [0, 0.05) is 25.7 Å². The van der Waals surface area contributed by atoms with Crippen molar-refractivity contribution < 1.29 is 0 Å². The van der Waals surface area contributed by atoms with Gasteiger partial charge in [-0.15, -0.1) is 0 Å². The van der Waals surface area contributed by atoms with E-state index in [9.17, 15) is 0 Å². The zero-order chi connectivity index (χ0) is 12.3. The minimum Gasteiger partial charge on any atom is -0.362 e. The maximum absolute atomic E-state index is 5.46. The molecule has 1 N–H and O–H groups in total. The monoisotopic (exact) mass is 255 g/mol. The minimum atomic E-state index is 0.657. The standard InChI is InChI=1S/C13H25N3S/c1-11(2)9-14-13(17)16-8-5-12(10-16)15-6-3-4-7-15/h11-12H,3-10H2,1-2H3,(H,14,17). The maximum Gasteiger partial charge on any atom is 0.168 e. The number of hydrogen-bond acceptors (Lipinski definition) is 2. The Balaban J connectivity index is 1.74. The summed E-state index contributed by atoms with van der Waals surface area (Å²) in [6.45, 7) is 10.3. The van der Waals surface area contributed by atoms with E-state index in [0.717, 1.165) is 30.8 Å². The third kappa shape index (κ3) is 3.55. The highest BCUT2D eigenvalue weighted by Gasteiger charge is 2.30. The fraction of sp³-hybridized carbons (Fsp3) is 0.923. The summed E-state index contributed by atoms with van der Waals surface area (Å²) in [5, 5.41) is 4.33. The lowest BCUT2D eigenvalue weighted by molar-refractivity contribution is 0.249. The molecule has 3 nitrogen and oxygen atoms in total. The molecule has 2 aliphatic heterocycles. The van der Waals surface area contributed by atoms with E-state index in [-0.39, 0.29) is 0 Å². The highest BCUT2D eigenvalue weighted by molar-refractivity contribution is 7.80. The predicted octanol–water partition coefficient (Wildman–Crippen LogP) is 1.69. The lowest BCUT2D eigenvalue weighted by Gasteiger charge is -2.25. The van der Waals surface area contributed by atoms with Crippen molar-refractivity contribution in [1.82, 2.24) is 15.1 Å². The highest BCUT2D eigenvalue weighted by atomic mass is 32.1. The van der Waals surface area contributed by atoms with Crippen molar-refractivity contribution >= 4 is 17.3 Å². The van der Waals surface area contributed by atoms with Gasteiger partial charge in [0.15, 0.2) is 5.11 Å². The molecular weight excluding hydrogens is 230 g/mol. The average Bonchev–Trinajstić information content (AvgIpc) is 2.94. The summed E-state index contributed by atoms with van der Waals surface area (Å²) in [7, 11) is 0. The number of nitrogens with one attached hydrogen (secondary N) is 1. The molecule has 4 heteroatoms. The molecule has 0 amide bonds. The number of thiocarbonyl (C=S) groups is 1. The van der Waals surface area contributed by atoms with Gasteiger partial charge in [0.05, 0.1) is 0 Å². The first-order valence-electron chi connectivity index (χ1n) is 6.93. The molecule has 0 saturated carbocycles. The van der Waals surface area contributed by atoms with Crippen molar-refractivity contribution in [3.63, 3.8) is 0 Å². The minimum absolute atomic E-state index is 0.657. The molecule has 2 rings (SSSR count). The molecule has 2 aliphatic rings. The molecule has 1 unspecified atom stereocenters. The summed E-state index contributed by atoms with van der Waals surface area (Å²) in [4.78, 5) is 4.99. The second kappa shape index (κ2) is 6.01. The van der Waals surface area contributed by atoms with Crippen LogP contribution in [0.15, 0.2) is 0 Å². The number of hydrogen-bond donors (Lipinski definition) is 1. The number of likely N-dealkylation sites (tertiary alicyclic amines) is 2. The molecule has 17 heavy (non-hydrogen) atoms. The first-order chi connectivity index (χ1) is 8.16. The quantitative estimate of drug-likeness (QED) is 0.773. The average molecular weight is 255 g/mol. The Morgan fingerprint density at radius 2 is 2.00 bits per heavy atom. The van der Waals surface area contributed by atoms with Gasteiger partial charge in [0.25, 0.3) is 0 Å². The van der Waals surface area contributed by atoms with Gasteiger partial charge in [-0.1, -0.05) is 13.8 Å². The zero-order valence-electron chi connectivity index (χ0n) is 11.1. The van der Waals surface area contributed by atoms with Crippen molar-refractivity contribution in [3.05, 3.63) is 0 Å². The summed E-state index contributed by atoms with van der Waals surface area (Å²) >= 11 is 5.46. The Kier molecular flexibility index (Phi) is 4.62. The molecule has 0 aromatic carbocycles. The van der Waals surface area contributed by atoms with Gasteiger partial charge in [-0.25, -0.2) is 0 Å². The zero-order valence-corrected chi connectivity index (χ0v) is 11.9. The van der Waals surface area contributed by atoms with Gasteiger partial charge in [0.1, 0.15) is 0 Å². The van der Waals surface area contributed by atoms with Crippen molar-refractivity contribution in [2.24, 2.45) is 5.92 Å². The van der Waals surface area contributed by atoms with Crippen LogP contribution in [0.4, 0.5) is 0 Å². The van der Waals surface area contributed by atoms with Crippen LogP contribution in [0.1, 0.15) is 33.1 Å². The van der Waals surface area contributed by atoms with Crippen LogP contribution in [0.2, 0.25) is 0 Å². The van der Waals surface area contributed by atoms with Gasteiger partial charge in [-0.3, -0.25) is 4.90 Å². The van der Waals surface area contributed by atoms with Crippen molar-refractivity contribution in [1.29, 1.82) is 0 Å². The topological polar surface area (TPSA) is 18.5 Å². The number of nitrogens with zero attached hydrogens (tertiary/aromatic N) is 2. The summed E-state index contributed by atoms with van der Waals surface area (Å²) in [5.41, 5.74) is 0. The smallest absolute Gasteiger partial charge is 0.168 e. The normalized spacial score (nSPS) is 25.8. The van der Waals surface area contributed by atoms with Crippen LogP contribution >= 0.6 is 12.2 Å². The Morgan fingerprint density at radius 3 is 2.65 bits per heavy atom. The molecule has 0 aromatic rings. The van der Waals surface area contributed by atoms with E-state index in [1.54, 1.807) is 0 Å². The van der Waals surface area contributed by atoms with E-state index < -0.39 is 0 Å². The third-order valence-electron chi connectivity index (χ3n) is 3.77. The van der Waals surface area contributed by atoms with E-state index in [1.807, 2.05) is 0 Å². The fourth-order valence-electron chi connectivity index (χ4n) is 2.73. The molecule has 98 valence electrons. The predicted molar refractivity (Wildman–Crippen MR) is 76.2 cm³/mol. The van der Waals surface area contributed by atoms with Gasteiger partial charge in [0.2, 0.25) is 0 Å². The second-order valence-electron chi connectivity index (χ2n) is 5.71. The van der Waals surface area contributed by atoms with E-state index >= 15 is 0 Å². The van der Waals surface area contributed by atoms with Crippen molar-refractivity contribution in [2.45, 2.75) is 39.2 Å². The molecule has 0 aliphatic carbocycles. The lowest BCUT2D eigenvalue weighted by atomic mass is 10.2. The molecule has 0 bridgehead atoms. The molecule has 0 spiro atoms. The van der Waals surface area contributed by atoms with E-state index in [0.29, 0.717) is 5.92 Å². The van der Waals surface area contributed by atoms with Gasteiger partial charge >= 0.3 is 0 Å². The lowest BCUT2D eigenvalue weighted by Crippen LogP contribution is -2.42. The number of rotatable bonds is 3. The van der Waals surface area contributed by atoms with Gasteiger partial charge in [-0.05, 0) is 50.5 Å². The SMILES string of the molecule is CC(C)CNC(=S)N1CCC(N2CCCC2)C1. The Bertz CT molecular complexity index is 261. The molecule has 2 saturated heterocycles. The molecule has 0 radical (unpaired) electrons. The van der Waals surface area contributed by atoms with E-state index in [2.05, 4.69) is 29.0 Å². The molecule has 1 atom stereocenters. The summed E-state index contributed by atoms with van der Waals surface area (Å²) in [6, 6.07) is 0.747. The molecule has 2 heterocycles. The highest BCUT2D eigenvalue weighted by Crippen LogP contribution is 2.20. The summed E-state index contributed by atoms with van der Waals surface area (Å²) in [6.07, 6.45) is 4.04. The van der Waals surface area contributed by atoms with Crippen LogP contribution in [0.5, 0.6) is 0 Å². The Hall–Kier alpha value is -0.350. The molecule has 2 fully saturated rings. The fourth-order valence-corrected chi connectivity index (χ4v) is 2.98. The first-order valence-corrected chi connectivity index (χ1v) is 7.34. The van der Waals surface area contributed by atoms with E-state index in [4.69, 9.17) is 12.2 Å². The van der Waals surface area contributed by atoms with Gasteiger partial charge < -0.3 is 10.2 Å². The Labute approximate surface area is 111 Å².